The van der Waals surface area contributed by atoms with Gasteiger partial charge in [-0.3, -0.25) is 0 Å². The molecule has 142 valence electrons. The molecule has 0 saturated heterocycles. The number of hydrogen-bond acceptors (Lipinski definition) is 4. The predicted molar refractivity (Wildman–Crippen MR) is 106 cm³/mol. The van der Waals surface area contributed by atoms with Gasteiger partial charge in [0.2, 0.25) is 0 Å². The van der Waals surface area contributed by atoms with E-state index in [1.54, 1.807) is 0 Å². The van der Waals surface area contributed by atoms with E-state index in [0.29, 0.717) is 6.61 Å². The molecule has 0 aliphatic rings. The summed E-state index contributed by atoms with van der Waals surface area (Å²) in [6.07, 6.45) is 1.52. The molecule has 1 atom stereocenters. The Balaban J connectivity index is 2.21. The zero-order valence-corrected chi connectivity index (χ0v) is 15.9. The van der Waals surface area contributed by atoms with Crippen LogP contribution in [0.25, 0.3) is 0 Å². The van der Waals surface area contributed by atoms with Crippen LogP contribution in [-0.2, 0) is 32.9 Å². The van der Waals surface area contributed by atoms with Crippen LogP contribution in [0.4, 0.5) is 0 Å². The fourth-order valence-corrected chi connectivity index (χ4v) is 2.89. The summed E-state index contributed by atoms with van der Waals surface area (Å²) in [6.45, 7) is 11.7. The molecule has 2 rings (SSSR count). The van der Waals surface area contributed by atoms with Crippen LogP contribution in [0, 0.1) is 0 Å². The Morgan fingerprint density at radius 1 is 1.11 bits per heavy atom. The third kappa shape index (κ3) is 5.39. The molecule has 0 fully saturated rings. The van der Waals surface area contributed by atoms with Crippen molar-refractivity contribution < 1.29 is 19.4 Å². The van der Waals surface area contributed by atoms with Gasteiger partial charge in [0, 0.05) is 11.5 Å². The number of carbonyl (C=O) groups excluding carboxylic acids is 1. The quantitative estimate of drug-likeness (QED) is 0.312. The molecule has 1 unspecified atom stereocenters. The molecular formula is C23H26O4. The Morgan fingerprint density at radius 2 is 1.78 bits per heavy atom. The summed E-state index contributed by atoms with van der Waals surface area (Å²) in [4.78, 5) is 11.2. The molecule has 0 spiro atoms. The van der Waals surface area contributed by atoms with Crippen molar-refractivity contribution in [1.29, 1.82) is 0 Å². The molecule has 0 aliphatic heterocycles. The second-order valence-corrected chi connectivity index (χ2v) is 6.73. The van der Waals surface area contributed by atoms with Crippen LogP contribution < -0.4 is 0 Å². The molecule has 0 aliphatic carbocycles. The molecule has 4 heteroatoms. The summed E-state index contributed by atoms with van der Waals surface area (Å²) in [5.41, 5.74) is 3.89. The summed E-state index contributed by atoms with van der Waals surface area (Å²) in [6, 6.07) is 16.0. The molecule has 0 bridgehead atoms. The van der Waals surface area contributed by atoms with Gasteiger partial charge >= 0.3 is 5.97 Å². The second kappa shape index (κ2) is 9.31. The summed E-state index contributed by atoms with van der Waals surface area (Å²) >= 11 is 0. The average molecular weight is 366 g/mol. The molecule has 2 aromatic carbocycles. The molecule has 0 heterocycles. The minimum Gasteiger partial charge on any atom is -0.458 e. The van der Waals surface area contributed by atoms with E-state index in [1.165, 1.54) is 6.08 Å². The number of carbonyl (C=O) groups is 1. The van der Waals surface area contributed by atoms with Crippen LogP contribution in [0.1, 0.15) is 36.1 Å². The molecule has 2 aromatic rings. The van der Waals surface area contributed by atoms with Crippen LogP contribution in [0.5, 0.6) is 0 Å². The summed E-state index contributed by atoms with van der Waals surface area (Å²) in [5.74, 6) is -0.435. The lowest BCUT2D eigenvalue weighted by atomic mass is 9.76. The highest BCUT2D eigenvalue weighted by molar-refractivity contribution is 5.81. The van der Waals surface area contributed by atoms with Crippen molar-refractivity contribution in [1.82, 2.24) is 0 Å². The van der Waals surface area contributed by atoms with E-state index < -0.39 is 12.3 Å². The number of hydrogen-bond donors (Lipinski definition) is 1. The van der Waals surface area contributed by atoms with Crippen LogP contribution in [0.2, 0.25) is 0 Å². The van der Waals surface area contributed by atoms with Crippen molar-refractivity contribution >= 4 is 5.97 Å². The maximum atomic E-state index is 11.2. The first-order valence-electron chi connectivity index (χ1n) is 8.77. The van der Waals surface area contributed by atoms with Crippen molar-refractivity contribution in [2.75, 3.05) is 0 Å². The zero-order chi connectivity index (χ0) is 19.9. The number of aliphatic hydroxyl groups excluding tert-OH is 1. The van der Waals surface area contributed by atoms with E-state index in [4.69, 9.17) is 9.47 Å². The third-order valence-corrected chi connectivity index (χ3v) is 4.53. The minimum atomic E-state index is -0.987. The Kier molecular flexibility index (Phi) is 7.11. The molecule has 0 radical (unpaired) electrons. The van der Waals surface area contributed by atoms with E-state index in [0.717, 1.165) is 28.3 Å². The molecule has 27 heavy (non-hydrogen) atoms. The van der Waals surface area contributed by atoms with Crippen molar-refractivity contribution in [2.24, 2.45) is 0 Å². The van der Waals surface area contributed by atoms with E-state index in [9.17, 15) is 9.90 Å². The number of rotatable bonds is 9. The van der Waals surface area contributed by atoms with Gasteiger partial charge in [0.15, 0.2) is 6.29 Å². The Morgan fingerprint density at radius 3 is 2.41 bits per heavy atom. The molecule has 0 aromatic heterocycles. The monoisotopic (exact) mass is 366 g/mol. The van der Waals surface area contributed by atoms with E-state index in [-0.39, 0.29) is 12.0 Å². The van der Waals surface area contributed by atoms with E-state index in [2.05, 4.69) is 33.1 Å². The largest absolute Gasteiger partial charge is 0.458 e. The highest BCUT2D eigenvalue weighted by Gasteiger charge is 2.25. The lowest BCUT2D eigenvalue weighted by Crippen LogP contribution is -2.22. The highest BCUT2D eigenvalue weighted by atomic mass is 16.6. The number of ether oxygens (including phenoxy) is 2. The van der Waals surface area contributed by atoms with Gasteiger partial charge < -0.3 is 14.6 Å². The molecule has 4 nitrogen and oxygen atoms in total. The summed E-state index contributed by atoms with van der Waals surface area (Å²) in [7, 11) is 0. The number of benzene rings is 2. The van der Waals surface area contributed by atoms with Gasteiger partial charge in [-0.2, -0.15) is 0 Å². The van der Waals surface area contributed by atoms with E-state index in [1.807, 2.05) is 42.5 Å². The first-order valence-corrected chi connectivity index (χ1v) is 8.77. The van der Waals surface area contributed by atoms with Crippen molar-refractivity contribution in [2.45, 2.75) is 38.8 Å². The minimum absolute atomic E-state index is 0.218. The lowest BCUT2D eigenvalue weighted by molar-refractivity contribution is -0.138. The van der Waals surface area contributed by atoms with Gasteiger partial charge in [-0.15, -0.1) is 0 Å². The van der Waals surface area contributed by atoms with Gasteiger partial charge in [0.05, 0.1) is 6.61 Å². The van der Waals surface area contributed by atoms with Gasteiger partial charge in [-0.1, -0.05) is 75.5 Å². The van der Waals surface area contributed by atoms with E-state index >= 15 is 0 Å². The number of aliphatic hydroxyl groups is 1. The molecule has 1 N–H and O–H groups in total. The third-order valence-electron chi connectivity index (χ3n) is 4.53. The number of esters is 1. The lowest BCUT2D eigenvalue weighted by Gasteiger charge is -2.29. The fraction of sp³-hybridized carbons (Fsp3) is 0.261. The van der Waals surface area contributed by atoms with Crippen molar-refractivity contribution in [3.8, 4) is 0 Å². The van der Waals surface area contributed by atoms with Gasteiger partial charge in [-0.05, 0) is 28.3 Å². The smallest absolute Gasteiger partial charge is 0.330 e. The maximum absolute atomic E-state index is 11.2. The topological polar surface area (TPSA) is 55.8 Å². The van der Waals surface area contributed by atoms with Gasteiger partial charge in [0.1, 0.15) is 6.61 Å². The van der Waals surface area contributed by atoms with Crippen LogP contribution in [-0.4, -0.2) is 17.4 Å². The average Bonchev–Trinajstić information content (AvgIpc) is 2.70. The summed E-state index contributed by atoms with van der Waals surface area (Å²) in [5, 5.41) is 9.59. The van der Waals surface area contributed by atoms with Crippen molar-refractivity contribution in [3.63, 3.8) is 0 Å². The normalized spacial score (nSPS) is 12.3. The van der Waals surface area contributed by atoms with Gasteiger partial charge in [-0.25, -0.2) is 4.79 Å². The molecule has 0 saturated carbocycles. The standard InChI is InChI=1S/C23H26O4/c1-5-21(24)26-15-17-11-13-19(14-12-17)23(3,4)20-10-8-7-9-18(20)16-27-22(25)6-2/h5-14,22,25H,1-2,15-16H2,3-4H3. The first kappa shape index (κ1) is 20.6. The fourth-order valence-electron chi connectivity index (χ4n) is 2.89. The van der Waals surface area contributed by atoms with Gasteiger partial charge in [0.25, 0.3) is 0 Å². The Labute approximate surface area is 160 Å². The zero-order valence-electron chi connectivity index (χ0n) is 15.9. The second-order valence-electron chi connectivity index (χ2n) is 6.73. The molecule has 0 amide bonds. The SMILES string of the molecule is C=CC(=O)OCc1ccc(C(C)(C)c2ccccc2COC(O)C=C)cc1. The first-order chi connectivity index (χ1) is 12.9. The van der Waals surface area contributed by atoms with Crippen LogP contribution in [0.15, 0.2) is 73.8 Å². The Bertz CT molecular complexity index is 790. The van der Waals surface area contributed by atoms with Crippen LogP contribution >= 0.6 is 0 Å². The van der Waals surface area contributed by atoms with Crippen LogP contribution in [0.3, 0.4) is 0 Å². The maximum Gasteiger partial charge on any atom is 0.330 e. The van der Waals surface area contributed by atoms with Crippen molar-refractivity contribution in [3.05, 3.63) is 96.1 Å². The Hall–Kier alpha value is -2.69. The molecular weight excluding hydrogens is 340 g/mol. The summed E-state index contributed by atoms with van der Waals surface area (Å²) < 4.78 is 10.5. The predicted octanol–water partition coefficient (Wildman–Crippen LogP) is 4.26. The highest BCUT2D eigenvalue weighted by Crippen LogP contribution is 2.34.